The van der Waals surface area contributed by atoms with Crippen molar-refractivity contribution in [2.45, 2.75) is 77.0 Å². The maximum absolute atomic E-state index is 5.66. The molecule has 0 saturated heterocycles. The molecule has 21 heavy (non-hydrogen) atoms. The molecule has 124 valence electrons. The van der Waals surface area contributed by atoms with Crippen LogP contribution in [0.15, 0.2) is 0 Å². The molecule has 2 rings (SSSR count). The minimum atomic E-state index is 0.271. The lowest BCUT2D eigenvalue weighted by atomic mass is 9.69. The van der Waals surface area contributed by atoms with Gasteiger partial charge in [0, 0.05) is 19.6 Å². The summed E-state index contributed by atoms with van der Waals surface area (Å²) in [6.45, 7) is 1.77. The van der Waals surface area contributed by atoms with Gasteiger partial charge in [-0.05, 0) is 24.7 Å². The molecule has 0 aromatic carbocycles. The zero-order chi connectivity index (χ0) is 15.0. The summed E-state index contributed by atoms with van der Waals surface area (Å²) >= 11 is 0. The Bertz CT molecular complexity index is 237. The van der Waals surface area contributed by atoms with E-state index < -0.39 is 0 Å². The van der Waals surface area contributed by atoms with Crippen LogP contribution in [0.1, 0.15) is 77.0 Å². The Balaban J connectivity index is 1.98. The van der Waals surface area contributed by atoms with E-state index in [0.29, 0.717) is 0 Å². The summed E-state index contributed by atoms with van der Waals surface area (Å²) < 4.78 is 11.3. The van der Waals surface area contributed by atoms with E-state index in [4.69, 9.17) is 9.47 Å². The fraction of sp³-hybridized carbons (Fsp3) is 1.00. The smallest absolute Gasteiger partial charge is 0.0540 e. The average Bonchev–Trinajstić information content (AvgIpc) is 2.50. The lowest BCUT2D eigenvalue weighted by Crippen LogP contribution is -2.37. The maximum Gasteiger partial charge on any atom is 0.0540 e. The van der Waals surface area contributed by atoms with Crippen molar-refractivity contribution in [3.05, 3.63) is 0 Å². The van der Waals surface area contributed by atoms with Crippen molar-refractivity contribution in [2.75, 3.05) is 27.4 Å². The minimum Gasteiger partial charge on any atom is -0.384 e. The average molecular weight is 296 g/mol. The van der Waals surface area contributed by atoms with E-state index in [0.717, 1.165) is 25.0 Å². The summed E-state index contributed by atoms with van der Waals surface area (Å²) in [4.78, 5) is 0. The Hall–Kier alpha value is -0.0800. The van der Waals surface area contributed by atoms with Crippen LogP contribution in [-0.2, 0) is 9.47 Å². The van der Waals surface area contributed by atoms with Gasteiger partial charge in [0.25, 0.3) is 0 Å². The third-order valence-electron chi connectivity index (χ3n) is 5.79. The highest BCUT2D eigenvalue weighted by Crippen LogP contribution is 2.42. The van der Waals surface area contributed by atoms with Crippen molar-refractivity contribution < 1.29 is 9.47 Å². The Labute approximate surface area is 132 Å². The highest BCUT2D eigenvalue weighted by atomic mass is 16.5. The molecule has 0 spiro atoms. The summed E-state index contributed by atoms with van der Waals surface area (Å²) in [6, 6.07) is 0. The second-order valence-electron chi connectivity index (χ2n) is 7.78. The molecule has 0 aliphatic heterocycles. The third kappa shape index (κ3) is 5.56. The van der Waals surface area contributed by atoms with E-state index in [9.17, 15) is 0 Å². The highest BCUT2D eigenvalue weighted by Gasteiger charge is 2.36. The van der Waals surface area contributed by atoms with Crippen LogP contribution in [0.25, 0.3) is 0 Å². The quantitative estimate of drug-likeness (QED) is 0.612. The van der Waals surface area contributed by atoms with Gasteiger partial charge < -0.3 is 9.47 Å². The molecule has 0 radical (unpaired) electrons. The molecule has 2 aliphatic rings. The van der Waals surface area contributed by atoms with Crippen molar-refractivity contribution in [3.63, 3.8) is 0 Å². The summed E-state index contributed by atoms with van der Waals surface area (Å²) in [5.41, 5.74) is 0.271. The van der Waals surface area contributed by atoms with Gasteiger partial charge in [-0.3, -0.25) is 0 Å². The Kier molecular flexibility index (Phi) is 7.53. The number of ether oxygens (including phenoxy) is 2. The Morgan fingerprint density at radius 2 is 1.05 bits per heavy atom. The predicted molar refractivity (Wildman–Crippen MR) is 88.6 cm³/mol. The molecule has 0 unspecified atom stereocenters. The van der Waals surface area contributed by atoms with Crippen LogP contribution < -0.4 is 0 Å². The fourth-order valence-electron chi connectivity index (χ4n) is 4.98. The summed E-state index contributed by atoms with van der Waals surface area (Å²) in [7, 11) is 3.73. The summed E-state index contributed by atoms with van der Waals surface area (Å²) in [6.07, 6.45) is 17.0. The molecule has 0 aromatic heterocycles. The van der Waals surface area contributed by atoms with E-state index in [1.165, 1.54) is 77.0 Å². The zero-order valence-electron chi connectivity index (χ0n) is 14.4. The fourth-order valence-corrected chi connectivity index (χ4v) is 4.98. The van der Waals surface area contributed by atoms with Crippen molar-refractivity contribution in [1.82, 2.24) is 0 Å². The van der Waals surface area contributed by atoms with Gasteiger partial charge in [-0.15, -0.1) is 0 Å². The molecule has 0 N–H and O–H groups in total. The molecule has 0 bridgehead atoms. The van der Waals surface area contributed by atoms with E-state index in [1.807, 2.05) is 14.2 Å². The van der Waals surface area contributed by atoms with Crippen LogP contribution in [0.2, 0.25) is 0 Å². The van der Waals surface area contributed by atoms with Crippen LogP contribution >= 0.6 is 0 Å². The van der Waals surface area contributed by atoms with E-state index in [1.54, 1.807) is 0 Å². The van der Waals surface area contributed by atoms with E-state index in [-0.39, 0.29) is 5.41 Å². The SMILES string of the molecule is COCC(COC)(CC1CCCCC1)CC1CCCCC1. The predicted octanol–water partition coefficient (Wildman–Crippen LogP) is 5.21. The Morgan fingerprint density at radius 3 is 1.38 bits per heavy atom. The third-order valence-corrected chi connectivity index (χ3v) is 5.79. The monoisotopic (exact) mass is 296 g/mol. The van der Waals surface area contributed by atoms with Crippen molar-refractivity contribution in [2.24, 2.45) is 17.3 Å². The second-order valence-corrected chi connectivity index (χ2v) is 7.78. The first-order valence-corrected chi connectivity index (χ1v) is 9.26. The lowest BCUT2D eigenvalue weighted by molar-refractivity contribution is -0.0277. The van der Waals surface area contributed by atoms with Gasteiger partial charge in [0.05, 0.1) is 13.2 Å². The molecule has 0 atom stereocenters. The van der Waals surface area contributed by atoms with Crippen LogP contribution in [0.3, 0.4) is 0 Å². The standard InChI is InChI=1S/C19H36O2/c1-20-15-19(16-21-2,13-17-9-5-3-6-10-17)14-18-11-7-4-8-12-18/h17-18H,3-16H2,1-2H3. The van der Waals surface area contributed by atoms with Gasteiger partial charge in [-0.1, -0.05) is 64.2 Å². The number of hydrogen-bond donors (Lipinski definition) is 0. The molecule has 2 heteroatoms. The normalized spacial score (nSPS) is 22.6. The van der Waals surface area contributed by atoms with E-state index >= 15 is 0 Å². The summed E-state index contributed by atoms with van der Waals surface area (Å²) in [5.74, 6) is 1.82. The maximum atomic E-state index is 5.66. The molecule has 2 saturated carbocycles. The topological polar surface area (TPSA) is 18.5 Å². The molecular weight excluding hydrogens is 260 g/mol. The van der Waals surface area contributed by atoms with Crippen molar-refractivity contribution >= 4 is 0 Å². The first-order valence-electron chi connectivity index (χ1n) is 9.26. The largest absolute Gasteiger partial charge is 0.384 e. The molecular formula is C19H36O2. The van der Waals surface area contributed by atoms with Gasteiger partial charge in [0.1, 0.15) is 0 Å². The van der Waals surface area contributed by atoms with Gasteiger partial charge in [0.15, 0.2) is 0 Å². The van der Waals surface area contributed by atoms with Crippen LogP contribution in [-0.4, -0.2) is 27.4 Å². The molecule has 2 fully saturated rings. The molecule has 0 heterocycles. The number of methoxy groups -OCH3 is 2. The summed E-state index contributed by atoms with van der Waals surface area (Å²) in [5, 5.41) is 0. The van der Waals surface area contributed by atoms with Gasteiger partial charge in [0.2, 0.25) is 0 Å². The Morgan fingerprint density at radius 1 is 0.667 bits per heavy atom. The number of rotatable bonds is 8. The molecule has 2 nitrogen and oxygen atoms in total. The van der Waals surface area contributed by atoms with E-state index in [2.05, 4.69) is 0 Å². The molecule has 0 aromatic rings. The zero-order valence-corrected chi connectivity index (χ0v) is 14.4. The second kappa shape index (κ2) is 9.15. The molecule has 2 aliphatic carbocycles. The van der Waals surface area contributed by atoms with Crippen LogP contribution in [0.5, 0.6) is 0 Å². The first-order chi connectivity index (χ1) is 10.3. The highest BCUT2D eigenvalue weighted by molar-refractivity contribution is 4.86. The van der Waals surface area contributed by atoms with Crippen LogP contribution in [0.4, 0.5) is 0 Å². The lowest BCUT2D eigenvalue weighted by Gasteiger charge is -2.40. The van der Waals surface area contributed by atoms with Crippen LogP contribution in [0, 0.1) is 17.3 Å². The van der Waals surface area contributed by atoms with Crippen molar-refractivity contribution in [3.8, 4) is 0 Å². The first kappa shape index (κ1) is 17.3. The minimum absolute atomic E-state index is 0.271. The van der Waals surface area contributed by atoms with Gasteiger partial charge in [-0.2, -0.15) is 0 Å². The number of hydrogen-bond acceptors (Lipinski definition) is 2. The van der Waals surface area contributed by atoms with Gasteiger partial charge >= 0.3 is 0 Å². The van der Waals surface area contributed by atoms with Crippen molar-refractivity contribution in [1.29, 1.82) is 0 Å². The van der Waals surface area contributed by atoms with Gasteiger partial charge in [-0.25, -0.2) is 0 Å². The molecule has 0 amide bonds.